The van der Waals surface area contributed by atoms with Gasteiger partial charge >= 0.3 is 0 Å². The lowest BCUT2D eigenvalue weighted by atomic mass is 10.1. The standard InChI is InChI=1S/C14H20F2N2/c1-2-13-5-7-18(8-6-17-13)10-11-9-12(15)3-4-14(11)16/h3-4,9,13,17H,2,5-8,10H2,1H3. The van der Waals surface area contributed by atoms with Crippen molar-refractivity contribution in [2.24, 2.45) is 0 Å². The summed E-state index contributed by atoms with van der Waals surface area (Å²) in [4.78, 5) is 2.18. The molecule has 100 valence electrons. The molecule has 1 aliphatic rings. The van der Waals surface area contributed by atoms with Crippen LogP contribution in [0.3, 0.4) is 0 Å². The second-order valence-electron chi connectivity index (χ2n) is 4.86. The molecule has 18 heavy (non-hydrogen) atoms. The minimum atomic E-state index is -0.370. The highest BCUT2D eigenvalue weighted by atomic mass is 19.1. The molecule has 1 aliphatic heterocycles. The van der Waals surface area contributed by atoms with Crippen molar-refractivity contribution in [3.8, 4) is 0 Å². The summed E-state index contributed by atoms with van der Waals surface area (Å²) >= 11 is 0. The van der Waals surface area contributed by atoms with Crippen LogP contribution in [-0.4, -0.2) is 30.6 Å². The fraction of sp³-hybridized carbons (Fsp3) is 0.571. The van der Waals surface area contributed by atoms with Crippen molar-refractivity contribution in [3.05, 3.63) is 35.4 Å². The first kappa shape index (κ1) is 13.4. The smallest absolute Gasteiger partial charge is 0.127 e. The highest BCUT2D eigenvalue weighted by Gasteiger charge is 2.16. The Bertz CT molecular complexity index is 395. The Balaban J connectivity index is 1.98. The van der Waals surface area contributed by atoms with Gasteiger partial charge in [0.25, 0.3) is 0 Å². The van der Waals surface area contributed by atoms with Crippen LogP contribution in [0, 0.1) is 11.6 Å². The van der Waals surface area contributed by atoms with E-state index in [0.717, 1.165) is 38.5 Å². The van der Waals surface area contributed by atoms with Gasteiger partial charge in [-0.15, -0.1) is 0 Å². The maximum atomic E-state index is 13.6. The van der Waals surface area contributed by atoms with E-state index in [-0.39, 0.29) is 11.6 Å². The first-order valence-electron chi connectivity index (χ1n) is 6.58. The van der Waals surface area contributed by atoms with Crippen LogP contribution in [0.5, 0.6) is 0 Å². The zero-order chi connectivity index (χ0) is 13.0. The highest BCUT2D eigenvalue weighted by molar-refractivity contribution is 5.18. The van der Waals surface area contributed by atoms with Crippen LogP contribution < -0.4 is 5.32 Å². The van der Waals surface area contributed by atoms with Gasteiger partial charge in [-0.25, -0.2) is 8.78 Å². The van der Waals surface area contributed by atoms with Gasteiger partial charge in [-0.05, 0) is 31.0 Å². The van der Waals surface area contributed by atoms with E-state index in [9.17, 15) is 8.78 Å². The summed E-state index contributed by atoms with van der Waals surface area (Å²) in [6, 6.07) is 4.21. The summed E-state index contributed by atoms with van der Waals surface area (Å²) < 4.78 is 26.7. The lowest BCUT2D eigenvalue weighted by molar-refractivity contribution is 0.277. The van der Waals surface area contributed by atoms with Gasteiger partial charge in [0, 0.05) is 37.8 Å². The van der Waals surface area contributed by atoms with Crippen LogP contribution in [0.4, 0.5) is 8.78 Å². The molecular formula is C14H20F2N2. The largest absolute Gasteiger partial charge is 0.313 e. The van der Waals surface area contributed by atoms with Crippen LogP contribution in [0.25, 0.3) is 0 Å². The molecule has 1 atom stereocenters. The Kier molecular flexibility index (Phi) is 4.66. The summed E-state index contributed by atoms with van der Waals surface area (Å²) in [5.41, 5.74) is 0.449. The number of hydrogen-bond acceptors (Lipinski definition) is 2. The van der Waals surface area contributed by atoms with E-state index >= 15 is 0 Å². The predicted molar refractivity (Wildman–Crippen MR) is 68.3 cm³/mol. The summed E-state index contributed by atoms with van der Waals surface area (Å²) in [6.45, 7) is 5.38. The van der Waals surface area contributed by atoms with Gasteiger partial charge in [0.15, 0.2) is 0 Å². The van der Waals surface area contributed by atoms with E-state index in [1.54, 1.807) is 0 Å². The third kappa shape index (κ3) is 3.50. The van der Waals surface area contributed by atoms with Crippen molar-refractivity contribution >= 4 is 0 Å². The Labute approximate surface area is 107 Å². The first-order chi connectivity index (χ1) is 8.69. The molecule has 1 heterocycles. The monoisotopic (exact) mass is 254 g/mol. The molecule has 0 saturated carbocycles. The van der Waals surface area contributed by atoms with Gasteiger partial charge in [0.05, 0.1) is 0 Å². The maximum Gasteiger partial charge on any atom is 0.127 e. The molecule has 0 radical (unpaired) electrons. The van der Waals surface area contributed by atoms with E-state index in [0.29, 0.717) is 18.2 Å². The summed E-state index contributed by atoms with van der Waals surface area (Å²) in [5.74, 6) is -0.688. The third-order valence-electron chi connectivity index (χ3n) is 3.55. The zero-order valence-electron chi connectivity index (χ0n) is 10.8. The lowest BCUT2D eigenvalue weighted by Crippen LogP contribution is -2.30. The summed E-state index contributed by atoms with van der Waals surface area (Å²) in [7, 11) is 0. The van der Waals surface area contributed by atoms with Crippen molar-refractivity contribution in [2.45, 2.75) is 32.4 Å². The second-order valence-corrected chi connectivity index (χ2v) is 4.86. The maximum absolute atomic E-state index is 13.6. The minimum Gasteiger partial charge on any atom is -0.313 e. The lowest BCUT2D eigenvalue weighted by Gasteiger charge is -2.20. The third-order valence-corrected chi connectivity index (χ3v) is 3.55. The second kappa shape index (κ2) is 6.25. The van der Waals surface area contributed by atoms with E-state index in [2.05, 4.69) is 17.1 Å². The van der Waals surface area contributed by atoms with Crippen molar-refractivity contribution in [3.63, 3.8) is 0 Å². The number of halogens is 2. The van der Waals surface area contributed by atoms with Crippen LogP contribution in [-0.2, 0) is 6.54 Å². The van der Waals surface area contributed by atoms with Crippen LogP contribution in [0.15, 0.2) is 18.2 Å². The molecule has 0 bridgehead atoms. The Hall–Kier alpha value is -1.00. The summed E-state index contributed by atoms with van der Waals surface area (Å²) in [5, 5.41) is 3.46. The van der Waals surface area contributed by atoms with Crippen LogP contribution >= 0.6 is 0 Å². The Morgan fingerprint density at radius 3 is 2.94 bits per heavy atom. The van der Waals surface area contributed by atoms with Gasteiger partial charge in [0.2, 0.25) is 0 Å². The average Bonchev–Trinajstić information content (AvgIpc) is 2.59. The average molecular weight is 254 g/mol. The fourth-order valence-electron chi connectivity index (χ4n) is 2.39. The quantitative estimate of drug-likeness (QED) is 0.891. The number of hydrogen-bond donors (Lipinski definition) is 1. The number of nitrogens with one attached hydrogen (secondary N) is 1. The van der Waals surface area contributed by atoms with E-state index in [1.807, 2.05) is 0 Å². The van der Waals surface area contributed by atoms with Crippen LogP contribution in [0.2, 0.25) is 0 Å². The molecule has 1 fully saturated rings. The molecule has 0 aliphatic carbocycles. The zero-order valence-corrected chi connectivity index (χ0v) is 10.8. The van der Waals surface area contributed by atoms with Gasteiger partial charge < -0.3 is 5.32 Å². The van der Waals surface area contributed by atoms with Crippen molar-refractivity contribution in [1.82, 2.24) is 10.2 Å². The van der Waals surface area contributed by atoms with Crippen molar-refractivity contribution in [1.29, 1.82) is 0 Å². The molecule has 2 nitrogen and oxygen atoms in total. The molecule has 0 aromatic heterocycles. The molecule has 2 rings (SSSR count). The van der Waals surface area contributed by atoms with Gasteiger partial charge in [-0.2, -0.15) is 0 Å². The molecule has 1 saturated heterocycles. The molecule has 1 N–H and O–H groups in total. The van der Waals surface area contributed by atoms with Gasteiger partial charge in [0.1, 0.15) is 11.6 Å². The Morgan fingerprint density at radius 2 is 2.17 bits per heavy atom. The van der Waals surface area contributed by atoms with Gasteiger partial charge in [-0.1, -0.05) is 6.92 Å². The number of nitrogens with zero attached hydrogens (tertiary/aromatic N) is 1. The van der Waals surface area contributed by atoms with E-state index < -0.39 is 0 Å². The van der Waals surface area contributed by atoms with Gasteiger partial charge in [-0.3, -0.25) is 4.90 Å². The summed E-state index contributed by atoms with van der Waals surface area (Å²) in [6.07, 6.45) is 2.18. The minimum absolute atomic E-state index is 0.319. The van der Waals surface area contributed by atoms with Crippen molar-refractivity contribution < 1.29 is 8.78 Å². The molecule has 0 spiro atoms. The highest BCUT2D eigenvalue weighted by Crippen LogP contribution is 2.14. The van der Waals surface area contributed by atoms with Crippen molar-refractivity contribution in [2.75, 3.05) is 19.6 Å². The first-order valence-corrected chi connectivity index (χ1v) is 6.58. The molecule has 1 unspecified atom stereocenters. The molecule has 1 aromatic carbocycles. The topological polar surface area (TPSA) is 15.3 Å². The molecule has 0 amide bonds. The Morgan fingerprint density at radius 1 is 1.33 bits per heavy atom. The van der Waals surface area contributed by atoms with Crippen LogP contribution in [0.1, 0.15) is 25.3 Å². The number of rotatable bonds is 3. The molecule has 4 heteroatoms. The SMILES string of the molecule is CCC1CCN(Cc2cc(F)ccc2F)CCN1. The normalized spacial score (nSPS) is 21.8. The van der Waals surface area contributed by atoms with E-state index in [1.165, 1.54) is 12.1 Å². The molecule has 1 aromatic rings. The fourth-order valence-corrected chi connectivity index (χ4v) is 2.39. The predicted octanol–water partition coefficient (Wildman–Crippen LogP) is 2.54. The molecular weight excluding hydrogens is 234 g/mol. The van der Waals surface area contributed by atoms with E-state index in [4.69, 9.17) is 0 Å². The number of benzene rings is 1.